The van der Waals surface area contributed by atoms with Gasteiger partial charge in [-0.15, -0.1) is 0 Å². The SMILES string of the molecule is CN(CC(=O)N[C@H](c1ccccc1)c1ccco1)c1ccc(C#N)cn1. The number of benzene rings is 1. The molecule has 0 radical (unpaired) electrons. The third-order valence-corrected chi connectivity index (χ3v) is 3.91. The van der Waals surface area contributed by atoms with Crippen LogP contribution in [0.1, 0.15) is 22.9 Å². The number of amides is 1. The summed E-state index contributed by atoms with van der Waals surface area (Å²) in [5.41, 5.74) is 1.42. The highest BCUT2D eigenvalue weighted by Gasteiger charge is 2.20. The van der Waals surface area contributed by atoms with Crippen LogP contribution in [0.5, 0.6) is 0 Å². The Bertz CT molecular complexity index is 884. The van der Waals surface area contributed by atoms with Crippen molar-refractivity contribution in [2.24, 2.45) is 0 Å². The second kappa shape index (κ2) is 7.99. The van der Waals surface area contributed by atoms with Gasteiger partial charge in [0.15, 0.2) is 0 Å². The molecule has 0 saturated heterocycles. The van der Waals surface area contributed by atoms with E-state index in [2.05, 4.69) is 10.3 Å². The van der Waals surface area contributed by atoms with Crippen LogP contribution in [0.2, 0.25) is 0 Å². The van der Waals surface area contributed by atoms with Gasteiger partial charge in [0.25, 0.3) is 0 Å². The molecule has 3 rings (SSSR count). The summed E-state index contributed by atoms with van der Waals surface area (Å²) in [4.78, 5) is 18.5. The molecule has 1 N–H and O–H groups in total. The second-order valence-electron chi connectivity index (χ2n) is 5.80. The number of carbonyl (C=O) groups excluding carboxylic acids is 1. The van der Waals surface area contributed by atoms with Gasteiger partial charge in [-0.1, -0.05) is 30.3 Å². The minimum absolute atomic E-state index is 0.128. The number of furan rings is 1. The molecular formula is C20H18N4O2. The third-order valence-electron chi connectivity index (χ3n) is 3.91. The fourth-order valence-corrected chi connectivity index (χ4v) is 2.60. The van der Waals surface area contributed by atoms with Crippen LogP contribution in [0, 0.1) is 11.3 Å². The molecule has 0 saturated carbocycles. The first kappa shape index (κ1) is 17.2. The Labute approximate surface area is 151 Å². The number of anilines is 1. The normalized spacial score (nSPS) is 11.4. The predicted molar refractivity (Wildman–Crippen MR) is 97.4 cm³/mol. The Morgan fingerprint density at radius 2 is 2.04 bits per heavy atom. The number of aromatic nitrogens is 1. The minimum atomic E-state index is -0.360. The Morgan fingerprint density at radius 3 is 2.65 bits per heavy atom. The molecule has 6 heteroatoms. The summed E-state index contributed by atoms with van der Waals surface area (Å²) < 4.78 is 5.49. The number of rotatable bonds is 6. The highest BCUT2D eigenvalue weighted by molar-refractivity contribution is 5.81. The lowest BCUT2D eigenvalue weighted by Crippen LogP contribution is -2.37. The van der Waals surface area contributed by atoms with Gasteiger partial charge in [0, 0.05) is 13.2 Å². The van der Waals surface area contributed by atoms with Crippen LogP contribution in [0.3, 0.4) is 0 Å². The molecule has 26 heavy (non-hydrogen) atoms. The van der Waals surface area contributed by atoms with Crippen molar-refractivity contribution in [3.05, 3.63) is 83.9 Å². The van der Waals surface area contributed by atoms with E-state index in [1.54, 1.807) is 36.4 Å². The Kier molecular flexibility index (Phi) is 5.30. The van der Waals surface area contributed by atoms with Crippen LogP contribution in [0.25, 0.3) is 0 Å². The molecule has 0 aliphatic carbocycles. The van der Waals surface area contributed by atoms with Crippen LogP contribution in [-0.4, -0.2) is 24.5 Å². The van der Waals surface area contributed by atoms with Crippen LogP contribution in [-0.2, 0) is 4.79 Å². The van der Waals surface area contributed by atoms with Gasteiger partial charge in [0.1, 0.15) is 23.7 Å². The molecule has 0 spiro atoms. The lowest BCUT2D eigenvalue weighted by molar-refractivity contribution is -0.120. The Morgan fingerprint density at radius 1 is 1.23 bits per heavy atom. The Balaban J connectivity index is 1.71. The number of likely N-dealkylation sites (N-methyl/N-ethyl adjacent to an activating group) is 1. The van der Waals surface area contributed by atoms with Gasteiger partial charge >= 0.3 is 0 Å². The van der Waals surface area contributed by atoms with E-state index >= 15 is 0 Å². The maximum Gasteiger partial charge on any atom is 0.240 e. The van der Waals surface area contributed by atoms with Gasteiger partial charge in [-0.3, -0.25) is 4.79 Å². The first-order valence-electron chi connectivity index (χ1n) is 8.12. The number of nitriles is 1. The van der Waals surface area contributed by atoms with Crippen LogP contribution in [0.4, 0.5) is 5.82 Å². The zero-order valence-electron chi connectivity index (χ0n) is 14.3. The highest BCUT2D eigenvalue weighted by Crippen LogP contribution is 2.22. The van der Waals surface area contributed by atoms with Gasteiger partial charge in [-0.05, 0) is 29.8 Å². The second-order valence-corrected chi connectivity index (χ2v) is 5.80. The summed E-state index contributed by atoms with van der Waals surface area (Å²) in [6.07, 6.45) is 3.07. The quantitative estimate of drug-likeness (QED) is 0.742. The molecule has 0 fully saturated rings. The van der Waals surface area contributed by atoms with E-state index < -0.39 is 0 Å². The van der Waals surface area contributed by atoms with Gasteiger partial charge < -0.3 is 14.6 Å². The monoisotopic (exact) mass is 346 g/mol. The highest BCUT2D eigenvalue weighted by atomic mass is 16.3. The average Bonchev–Trinajstić information content (AvgIpc) is 3.21. The maximum atomic E-state index is 12.6. The molecule has 3 aromatic rings. The molecule has 1 amide bonds. The summed E-state index contributed by atoms with van der Waals surface area (Å²) in [6.45, 7) is 0.128. The van der Waals surface area contributed by atoms with E-state index in [1.165, 1.54) is 6.20 Å². The number of hydrogen-bond acceptors (Lipinski definition) is 5. The van der Waals surface area contributed by atoms with Crippen molar-refractivity contribution in [3.8, 4) is 6.07 Å². The molecule has 1 atom stereocenters. The van der Waals surface area contributed by atoms with Crippen molar-refractivity contribution >= 4 is 11.7 Å². The number of carbonyl (C=O) groups is 1. The molecule has 1 aromatic carbocycles. The van der Waals surface area contributed by atoms with E-state index in [0.29, 0.717) is 17.1 Å². The van der Waals surface area contributed by atoms with Crippen molar-refractivity contribution in [2.75, 3.05) is 18.5 Å². The largest absolute Gasteiger partial charge is 0.467 e. The average molecular weight is 346 g/mol. The topological polar surface area (TPSA) is 82.2 Å². The van der Waals surface area contributed by atoms with Crippen molar-refractivity contribution in [1.82, 2.24) is 10.3 Å². The first-order valence-corrected chi connectivity index (χ1v) is 8.12. The summed E-state index contributed by atoms with van der Waals surface area (Å²) >= 11 is 0. The van der Waals surface area contributed by atoms with E-state index in [4.69, 9.17) is 9.68 Å². The Hall–Kier alpha value is -3.59. The fourth-order valence-electron chi connectivity index (χ4n) is 2.60. The maximum absolute atomic E-state index is 12.6. The smallest absolute Gasteiger partial charge is 0.240 e. The molecule has 6 nitrogen and oxygen atoms in total. The van der Waals surface area contributed by atoms with Crippen molar-refractivity contribution in [2.45, 2.75) is 6.04 Å². The number of pyridine rings is 1. The van der Waals surface area contributed by atoms with E-state index in [0.717, 1.165) is 5.56 Å². The van der Waals surface area contributed by atoms with E-state index in [1.807, 2.05) is 42.5 Å². The van der Waals surface area contributed by atoms with Gasteiger partial charge in [-0.2, -0.15) is 5.26 Å². The molecular weight excluding hydrogens is 328 g/mol. The molecule has 2 heterocycles. The lowest BCUT2D eigenvalue weighted by Gasteiger charge is -2.21. The lowest BCUT2D eigenvalue weighted by atomic mass is 10.0. The van der Waals surface area contributed by atoms with Crippen molar-refractivity contribution in [3.63, 3.8) is 0 Å². The summed E-state index contributed by atoms with van der Waals surface area (Å²) in [5, 5.41) is 11.8. The summed E-state index contributed by atoms with van der Waals surface area (Å²) in [7, 11) is 1.78. The number of nitrogens with one attached hydrogen (secondary N) is 1. The zero-order chi connectivity index (χ0) is 18.4. The predicted octanol–water partition coefficient (Wildman–Crippen LogP) is 2.89. The van der Waals surface area contributed by atoms with Crippen molar-refractivity contribution in [1.29, 1.82) is 5.26 Å². The molecule has 0 unspecified atom stereocenters. The van der Waals surface area contributed by atoms with Crippen LogP contribution < -0.4 is 10.2 Å². The van der Waals surface area contributed by atoms with Crippen LogP contribution in [0.15, 0.2) is 71.5 Å². The van der Waals surface area contributed by atoms with E-state index in [-0.39, 0.29) is 18.5 Å². The standard InChI is InChI=1S/C20H18N4O2/c1-24(18-10-9-15(12-21)13-22-18)14-19(25)23-20(17-8-5-11-26-17)16-6-3-2-4-7-16/h2-11,13,20H,14H2,1H3,(H,23,25)/t20-/m1/s1. The van der Waals surface area contributed by atoms with Gasteiger partial charge in [0.05, 0.1) is 18.4 Å². The third kappa shape index (κ3) is 4.08. The van der Waals surface area contributed by atoms with Crippen LogP contribution >= 0.6 is 0 Å². The molecule has 0 bridgehead atoms. The minimum Gasteiger partial charge on any atom is -0.467 e. The first-order chi connectivity index (χ1) is 12.7. The van der Waals surface area contributed by atoms with Crippen molar-refractivity contribution < 1.29 is 9.21 Å². The number of nitrogens with zero attached hydrogens (tertiary/aromatic N) is 3. The van der Waals surface area contributed by atoms with Gasteiger partial charge in [0.2, 0.25) is 5.91 Å². The fraction of sp³-hybridized carbons (Fsp3) is 0.150. The molecule has 0 aliphatic rings. The molecule has 0 aliphatic heterocycles. The van der Waals surface area contributed by atoms with Gasteiger partial charge in [-0.25, -0.2) is 4.98 Å². The molecule has 2 aromatic heterocycles. The van der Waals surface area contributed by atoms with E-state index in [9.17, 15) is 4.79 Å². The zero-order valence-corrected chi connectivity index (χ0v) is 14.3. The number of hydrogen-bond donors (Lipinski definition) is 1. The summed E-state index contributed by atoms with van der Waals surface area (Å²) in [5.74, 6) is 1.13. The molecule has 130 valence electrons. The summed E-state index contributed by atoms with van der Waals surface area (Å²) in [6, 6.07) is 18.3.